The Labute approximate surface area is 117 Å². The molecule has 1 fully saturated rings. The maximum atomic E-state index is 12.8. The van der Waals surface area contributed by atoms with Gasteiger partial charge < -0.3 is 9.84 Å². The Kier molecular flexibility index (Phi) is 5.63. The molecule has 19 heavy (non-hydrogen) atoms. The standard InChI is InChI=1S/C14H20FNO2S/c1-11-10-18-13(9-17)8-16(11)6-7-19-14-4-2-12(15)3-5-14/h2-5,11,13,17H,6-10H2,1H3. The fourth-order valence-electron chi connectivity index (χ4n) is 2.11. The molecule has 2 unspecified atom stereocenters. The minimum Gasteiger partial charge on any atom is -0.394 e. The lowest BCUT2D eigenvalue weighted by Gasteiger charge is -2.37. The second-order valence-corrected chi connectivity index (χ2v) is 5.95. The van der Waals surface area contributed by atoms with Gasteiger partial charge in [0.05, 0.1) is 19.3 Å². The van der Waals surface area contributed by atoms with E-state index in [2.05, 4.69) is 11.8 Å². The summed E-state index contributed by atoms with van der Waals surface area (Å²) in [6, 6.07) is 6.97. The number of hydrogen-bond acceptors (Lipinski definition) is 4. The molecule has 5 heteroatoms. The molecule has 0 amide bonds. The fraction of sp³-hybridized carbons (Fsp3) is 0.571. The topological polar surface area (TPSA) is 32.7 Å². The van der Waals surface area contributed by atoms with Gasteiger partial charge in [0.25, 0.3) is 0 Å². The van der Waals surface area contributed by atoms with Crippen LogP contribution in [0.15, 0.2) is 29.2 Å². The number of nitrogens with zero attached hydrogens (tertiary/aromatic N) is 1. The largest absolute Gasteiger partial charge is 0.394 e. The molecule has 0 bridgehead atoms. The highest BCUT2D eigenvalue weighted by atomic mass is 32.2. The number of thioether (sulfide) groups is 1. The highest BCUT2D eigenvalue weighted by Crippen LogP contribution is 2.19. The number of hydrogen-bond donors (Lipinski definition) is 1. The molecular formula is C14H20FNO2S. The number of morpholine rings is 1. The number of ether oxygens (including phenoxy) is 1. The van der Waals surface area contributed by atoms with Crippen LogP contribution < -0.4 is 0 Å². The Morgan fingerprint density at radius 2 is 2.16 bits per heavy atom. The average molecular weight is 285 g/mol. The van der Waals surface area contributed by atoms with E-state index in [4.69, 9.17) is 9.84 Å². The van der Waals surface area contributed by atoms with Gasteiger partial charge in [-0.3, -0.25) is 4.90 Å². The highest BCUT2D eigenvalue weighted by Gasteiger charge is 2.24. The van der Waals surface area contributed by atoms with Crippen LogP contribution in [0, 0.1) is 5.82 Å². The Morgan fingerprint density at radius 1 is 1.42 bits per heavy atom. The molecule has 3 nitrogen and oxygen atoms in total. The first-order chi connectivity index (χ1) is 9.19. The van der Waals surface area contributed by atoms with Crippen molar-refractivity contribution < 1.29 is 14.2 Å². The maximum Gasteiger partial charge on any atom is 0.123 e. The Morgan fingerprint density at radius 3 is 2.84 bits per heavy atom. The second kappa shape index (κ2) is 7.24. The van der Waals surface area contributed by atoms with Gasteiger partial charge in [0, 0.05) is 29.8 Å². The van der Waals surface area contributed by atoms with E-state index < -0.39 is 0 Å². The summed E-state index contributed by atoms with van der Waals surface area (Å²) in [4.78, 5) is 3.42. The van der Waals surface area contributed by atoms with Gasteiger partial charge in [-0.05, 0) is 31.2 Å². The molecule has 0 aromatic heterocycles. The summed E-state index contributed by atoms with van der Waals surface area (Å²) >= 11 is 1.72. The Balaban J connectivity index is 1.76. The smallest absolute Gasteiger partial charge is 0.123 e. The molecule has 106 valence electrons. The van der Waals surface area contributed by atoms with Crippen molar-refractivity contribution in [3.05, 3.63) is 30.1 Å². The molecule has 1 saturated heterocycles. The Bertz CT molecular complexity index is 388. The predicted octanol–water partition coefficient (Wildman–Crippen LogP) is 2.00. The molecule has 1 N–H and O–H groups in total. The van der Waals surface area contributed by atoms with E-state index in [9.17, 15) is 4.39 Å². The van der Waals surface area contributed by atoms with Crippen molar-refractivity contribution >= 4 is 11.8 Å². The van der Waals surface area contributed by atoms with E-state index in [1.54, 1.807) is 23.9 Å². The van der Waals surface area contributed by atoms with Crippen molar-refractivity contribution in [1.82, 2.24) is 4.90 Å². The third-order valence-electron chi connectivity index (χ3n) is 3.30. The number of rotatable bonds is 5. The lowest BCUT2D eigenvalue weighted by molar-refractivity contribution is -0.0757. The summed E-state index contributed by atoms with van der Waals surface area (Å²) in [5.74, 6) is 0.755. The van der Waals surface area contributed by atoms with Crippen LogP contribution in [0.2, 0.25) is 0 Å². The zero-order valence-electron chi connectivity index (χ0n) is 11.1. The van der Waals surface area contributed by atoms with Gasteiger partial charge in [-0.25, -0.2) is 4.39 Å². The maximum absolute atomic E-state index is 12.8. The van der Waals surface area contributed by atoms with Crippen molar-refractivity contribution in [2.75, 3.05) is 32.1 Å². The van der Waals surface area contributed by atoms with Crippen LogP contribution in [0.4, 0.5) is 4.39 Å². The van der Waals surface area contributed by atoms with Crippen LogP contribution in [0.1, 0.15) is 6.92 Å². The van der Waals surface area contributed by atoms with E-state index >= 15 is 0 Å². The third-order valence-corrected chi connectivity index (χ3v) is 4.29. The number of benzene rings is 1. The lowest BCUT2D eigenvalue weighted by Crippen LogP contribution is -2.50. The van der Waals surface area contributed by atoms with Gasteiger partial charge in [0.1, 0.15) is 5.82 Å². The van der Waals surface area contributed by atoms with Crippen molar-refractivity contribution in [3.63, 3.8) is 0 Å². The summed E-state index contributed by atoms with van der Waals surface area (Å²) in [6.07, 6.45) is -0.0629. The molecule has 2 atom stereocenters. The number of aliphatic hydroxyl groups is 1. The van der Waals surface area contributed by atoms with Gasteiger partial charge in [0.15, 0.2) is 0 Å². The van der Waals surface area contributed by atoms with Crippen LogP contribution in [-0.2, 0) is 4.74 Å². The van der Waals surface area contributed by atoms with Crippen LogP contribution in [0.3, 0.4) is 0 Å². The minimum absolute atomic E-state index is 0.0629. The van der Waals surface area contributed by atoms with Gasteiger partial charge in [-0.2, -0.15) is 0 Å². The summed E-state index contributed by atoms with van der Waals surface area (Å²) in [5.41, 5.74) is 0. The van der Waals surface area contributed by atoms with Crippen molar-refractivity contribution in [1.29, 1.82) is 0 Å². The lowest BCUT2D eigenvalue weighted by atomic mass is 10.2. The first-order valence-electron chi connectivity index (χ1n) is 6.54. The van der Waals surface area contributed by atoms with E-state index in [0.29, 0.717) is 12.6 Å². The van der Waals surface area contributed by atoms with Gasteiger partial charge in [-0.1, -0.05) is 0 Å². The molecule has 1 aromatic rings. The quantitative estimate of drug-likeness (QED) is 0.839. The van der Waals surface area contributed by atoms with Crippen LogP contribution in [0.5, 0.6) is 0 Å². The molecule has 0 aliphatic carbocycles. The normalized spacial score (nSPS) is 24.6. The second-order valence-electron chi connectivity index (χ2n) is 4.78. The van der Waals surface area contributed by atoms with Crippen LogP contribution >= 0.6 is 11.8 Å². The number of aliphatic hydroxyl groups excluding tert-OH is 1. The van der Waals surface area contributed by atoms with Crippen LogP contribution in [-0.4, -0.2) is 54.2 Å². The van der Waals surface area contributed by atoms with E-state index in [1.807, 2.05) is 0 Å². The van der Waals surface area contributed by atoms with E-state index in [-0.39, 0.29) is 18.5 Å². The van der Waals surface area contributed by atoms with Gasteiger partial charge in [0.2, 0.25) is 0 Å². The van der Waals surface area contributed by atoms with Crippen molar-refractivity contribution in [2.24, 2.45) is 0 Å². The van der Waals surface area contributed by atoms with E-state index in [0.717, 1.165) is 23.7 Å². The molecule has 1 heterocycles. The van der Waals surface area contributed by atoms with Crippen molar-refractivity contribution in [2.45, 2.75) is 24.0 Å². The van der Waals surface area contributed by atoms with Gasteiger partial charge >= 0.3 is 0 Å². The summed E-state index contributed by atoms with van der Waals surface area (Å²) in [5, 5.41) is 9.13. The minimum atomic E-state index is -0.197. The highest BCUT2D eigenvalue weighted by molar-refractivity contribution is 7.99. The summed E-state index contributed by atoms with van der Waals surface area (Å²) in [6.45, 7) is 4.61. The summed E-state index contributed by atoms with van der Waals surface area (Å²) < 4.78 is 18.3. The van der Waals surface area contributed by atoms with Crippen molar-refractivity contribution in [3.8, 4) is 0 Å². The zero-order valence-corrected chi connectivity index (χ0v) is 11.9. The molecule has 1 aliphatic heterocycles. The molecular weight excluding hydrogens is 265 g/mol. The molecule has 2 rings (SSSR count). The molecule has 0 saturated carbocycles. The number of halogens is 1. The first kappa shape index (κ1) is 14.8. The SMILES string of the molecule is CC1COC(CO)CN1CCSc1ccc(F)cc1. The monoisotopic (exact) mass is 285 g/mol. The third kappa shape index (κ3) is 4.45. The zero-order chi connectivity index (χ0) is 13.7. The van der Waals surface area contributed by atoms with E-state index in [1.165, 1.54) is 12.1 Å². The first-order valence-corrected chi connectivity index (χ1v) is 7.52. The molecule has 1 aliphatic rings. The predicted molar refractivity (Wildman–Crippen MR) is 75.0 cm³/mol. The summed E-state index contributed by atoms with van der Waals surface area (Å²) in [7, 11) is 0. The molecule has 0 radical (unpaired) electrons. The molecule has 0 spiro atoms. The van der Waals surface area contributed by atoms with Crippen LogP contribution in [0.25, 0.3) is 0 Å². The average Bonchev–Trinajstić information content (AvgIpc) is 2.43. The Hall–Kier alpha value is -0.620. The fourth-order valence-corrected chi connectivity index (χ4v) is 3.00. The van der Waals surface area contributed by atoms with Gasteiger partial charge in [-0.15, -0.1) is 11.8 Å². The molecule has 1 aromatic carbocycles.